The van der Waals surface area contributed by atoms with Crippen molar-refractivity contribution < 1.29 is 13.6 Å². The first-order valence-electron chi connectivity index (χ1n) is 5.07. The first-order valence-corrected chi connectivity index (χ1v) is 5.89. The van der Waals surface area contributed by atoms with Crippen LogP contribution < -0.4 is 5.32 Å². The highest BCUT2D eigenvalue weighted by molar-refractivity contribution is 7.18. The third-order valence-corrected chi connectivity index (χ3v) is 3.19. The lowest BCUT2D eigenvalue weighted by Crippen LogP contribution is -2.14. The maximum atomic E-state index is 13.4. The third-order valence-electron chi connectivity index (χ3n) is 2.28. The van der Waals surface area contributed by atoms with Crippen molar-refractivity contribution in [1.29, 1.82) is 0 Å². The monoisotopic (exact) mass is 281 g/mol. The van der Waals surface area contributed by atoms with Crippen molar-refractivity contribution in [2.45, 2.75) is 0 Å². The summed E-state index contributed by atoms with van der Waals surface area (Å²) >= 11 is 0.964. The number of amides is 1. The molecule has 0 saturated heterocycles. The summed E-state index contributed by atoms with van der Waals surface area (Å²) < 4.78 is 28.0. The number of para-hydroxylation sites is 1. The quantitative estimate of drug-likeness (QED) is 0.776. The molecule has 0 fully saturated rings. The van der Waals surface area contributed by atoms with E-state index in [1.165, 1.54) is 16.9 Å². The van der Waals surface area contributed by atoms with E-state index in [1.807, 2.05) is 0 Å². The minimum Gasteiger partial charge on any atom is -0.315 e. The van der Waals surface area contributed by atoms with Crippen molar-refractivity contribution in [2.75, 3.05) is 5.32 Å². The van der Waals surface area contributed by atoms with Crippen LogP contribution in [0.15, 0.2) is 24.5 Å². The molecule has 0 radical (unpaired) electrons. The van der Waals surface area contributed by atoms with E-state index in [0.29, 0.717) is 4.96 Å². The fourth-order valence-corrected chi connectivity index (χ4v) is 2.15. The Hall–Kier alpha value is -2.42. The molecule has 9 heteroatoms. The Morgan fingerprint density at radius 2 is 2.05 bits per heavy atom. The number of hydrogen-bond donors (Lipinski definition) is 1. The fourth-order valence-electron chi connectivity index (χ4n) is 1.44. The number of rotatable bonds is 2. The summed E-state index contributed by atoms with van der Waals surface area (Å²) in [4.78, 5) is 12.2. The summed E-state index contributed by atoms with van der Waals surface area (Å²) in [5.41, 5.74) is -0.501. The Balaban J connectivity index is 1.91. The van der Waals surface area contributed by atoms with Gasteiger partial charge in [0.05, 0.1) is 0 Å². The molecule has 3 rings (SSSR count). The molecule has 0 aliphatic rings. The Labute approximate surface area is 108 Å². The van der Waals surface area contributed by atoms with Gasteiger partial charge in [-0.25, -0.2) is 8.78 Å². The fraction of sp³-hybridized carbons (Fsp3) is 0. The van der Waals surface area contributed by atoms with E-state index < -0.39 is 23.2 Å². The van der Waals surface area contributed by atoms with Crippen LogP contribution in [0.4, 0.5) is 14.5 Å². The van der Waals surface area contributed by atoms with Gasteiger partial charge in [-0.05, 0) is 12.1 Å². The number of nitrogens with zero attached hydrogens (tertiary/aromatic N) is 4. The number of benzene rings is 1. The lowest BCUT2D eigenvalue weighted by atomic mass is 10.3. The van der Waals surface area contributed by atoms with Gasteiger partial charge in [0.2, 0.25) is 9.97 Å². The highest BCUT2D eigenvalue weighted by atomic mass is 32.1. The Bertz CT molecular complexity index is 719. The van der Waals surface area contributed by atoms with Crippen molar-refractivity contribution in [3.63, 3.8) is 0 Å². The van der Waals surface area contributed by atoms with E-state index in [0.717, 1.165) is 23.5 Å². The normalized spacial score (nSPS) is 10.8. The van der Waals surface area contributed by atoms with Crippen LogP contribution in [0.3, 0.4) is 0 Å². The topological polar surface area (TPSA) is 72.2 Å². The van der Waals surface area contributed by atoms with Gasteiger partial charge in [0.25, 0.3) is 5.91 Å². The molecule has 0 aliphatic carbocycles. The molecular formula is C10H5F2N5OS. The third kappa shape index (κ3) is 2.03. The van der Waals surface area contributed by atoms with Crippen LogP contribution in [0, 0.1) is 11.6 Å². The van der Waals surface area contributed by atoms with Crippen LogP contribution in [0.5, 0.6) is 0 Å². The Kier molecular flexibility index (Phi) is 2.67. The molecule has 0 saturated carbocycles. The van der Waals surface area contributed by atoms with Crippen LogP contribution in [-0.2, 0) is 0 Å². The highest BCUT2D eigenvalue weighted by Gasteiger charge is 2.17. The number of halogens is 2. The summed E-state index contributed by atoms with van der Waals surface area (Å²) in [5, 5.41) is 13.3. The predicted molar refractivity (Wildman–Crippen MR) is 63.0 cm³/mol. The molecule has 0 bridgehead atoms. The molecule has 3 aromatic rings. The first kappa shape index (κ1) is 11.7. The molecular weight excluding hydrogens is 276 g/mol. The lowest BCUT2D eigenvalue weighted by Gasteiger charge is -2.04. The second kappa shape index (κ2) is 4.35. The number of fused-ring (bicyclic) bond motifs is 1. The molecule has 0 aliphatic heterocycles. The largest absolute Gasteiger partial charge is 0.315 e. The van der Waals surface area contributed by atoms with E-state index in [4.69, 9.17) is 0 Å². The molecule has 1 amide bonds. The van der Waals surface area contributed by atoms with Gasteiger partial charge < -0.3 is 5.32 Å². The van der Waals surface area contributed by atoms with Gasteiger partial charge >= 0.3 is 0 Å². The van der Waals surface area contributed by atoms with Crippen LogP contribution in [0.25, 0.3) is 4.96 Å². The molecule has 19 heavy (non-hydrogen) atoms. The minimum atomic E-state index is -0.851. The van der Waals surface area contributed by atoms with Gasteiger partial charge in [0.1, 0.15) is 23.6 Å². The maximum Gasteiger partial charge on any atom is 0.286 e. The maximum absolute atomic E-state index is 13.4. The van der Waals surface area contributed by atoms with Crippen molar-refractivity contribution >= 4 is 27.9 Å². The van der Waals surface area contributed by atoms with E-state index >= 15 is 0 Å². The molecule has 0 unspecified atom stereocenters. The van der Waals surface area contributed by atoms with Crippen molar-refractivity contribution in [2.24, 2.45) is 0 Å². The van der Waals surface area contributed by atoms with Crippen LogP contribution in [0.2, 0.25) is 0 Å². The van der Waals surface area contributed by atoms with Gasteiger partial charge in [-0.3, -0.25) is 4.79 Å². The average Bonchev–Trinajstić information content (AvgIpc) is 2.94. The van der Waals surface area contributed by atoms with E-state index in [9.17, 15) is 13.6 Å². The van der Waals surface area contributed by atoms with E-state index in [2.05, 4.69) is 20.6 Å². The van der Waals surface area contributed by atoms with Crippen LogP contribution in [0.1, 0.15) is 9.80 Å². The average molecular weight is 281 g/mol. The SMILES string of the molecule is O=C(Nc1c(F)cccc1F)c1nn2cnnc2s1. The summed E-state index contributed by atoms with van der Waals surface area (Å²) in [6.07, 6.45) is 1.33. The standard InChI is InChI=1S/C10H5F2N5OS/c11-5-2-1-3-6(12)7(5)14-8(18)9-16-17-4-13-15-10(17)19-9/h1-4H,(H,14,18). The zero-order valence-corrected chi connectivity index (χ0v) is 9.99. The molecule has 96 valence electrons. The second-order valence-corrected chi connectivity index (χ2v) is 4.47. The van der Waals surface area contributed by atoms with Crippen molar-refractivity contribution in [3.8, 4) is 0 Å². The van der Waals surface area contributed by atoms with Crippen LogP contribution >= 0.6 is 11.3 Å². The van der Waals surface area contributed by atoms with Gasteiger partial charge in [-0.1, -0.05) is 17.4 Å². The molecule has 2 aromatic heterocycles. The summed E-state index contributed by atoms with van der Waals surface area (Å²) in [7, 11) is 0. The molecule has 2 heterocycles. The number of anilines is 1. The number of hydrogen-bond acceptors (Lipinski definition) is 5. The predicted octanol–water partition coefficient (Wildman–Crippen LogP) is 1.72. The zero-order chi connectivity index (χ0) is 13.4. The van der Waals surface area contributed by atoms with Crippen molar-refractivity contribution in [1.82, 2.24) is 19.8 Å². The Morgan fingerprint density at radius 3 is 2.74 bits per heavy atom. The molecule has 1 aromatic carbocycles. The number of carbonyl (C=O) groups excluding carboxylic acids is 1. The number of nitrogens with one attached hydrogen (secondary N) is 1. The van der Waals surface area contributed by atoms with Gasteiger partial charge in [0.15, 0.2) is 0 Å². The molecule has 0 spiro atoms. The summed E-state index contributed by atoms with van der Waals surface area (Å²) in [6, 6.07) is 3.32. The zero-order valence-electron chi connectivity index (χ0n) is 9.17. The van der Waals surface area contributed by atoms with E-state index in [-0.39, 0.29) is 5.01 Å². The number of carbonyl (C=O) groups is 1. The molecule has 6 nitrogen and oxygen atoms in total. The highest BCUT2D eigenvalue weighted by Crippen LogP contribution is 2.20. The summed E-state index contributed by atoms with van der Waals surface area (Å²) in [5.74, 6) is -2.41. The van der Waals surface area contributed by atoms with Gasteiger partial charge in [-0.2, -0.15) is 4.52 Å². The minimum absolute atomic E-state index is 0.0348. The van der Waals surface area contributed by atoms with Crippen LogP contribution in [-0.4, -0.2) is 25.7 Å². The first-order chi connectivity index (χ1) is 9.15. The second-order valence-electron chi connectivity index (χ2n) is 3.52. The Morgan fingerprint density at radius 1 is 1.32 bits per heavy atom. The van der Waals surface area contributed by atoms with Gasteiger partial charge in [-0.15, -0.1) is 15.3 Å². The van der Waals surface area contributed by atoms with Gasteiger partial charge in [0, 0.05) is 0 Å². The number of aromatic nitrogens is 4. The smallest absolute Gasteiger partial charge is 0.286 e. The summed E-state index contributed by atoms with van der Waals surface area (Å²) in [6.45, 7) is 0. The molecule has 1 N–H and O–H groups in total. The van der Waals surface area contributed by atoms with E-state index in [1.54, 1.807) is 0 Å². The molecule has 0 atom stereocenters. The lowest BCUT2D eigenvalue weighted by molar-refractivity contribution is 0.102. The van der Waals surface area contributed by atoms with Crippen molar-refractivity contribution in [3.05, 3.63) is 41.2 Å².